The van der Waals surface area contributed by atoms with Crippen LogP contribution < -0.4 is 14.9 Å². The van der Waals surface area contributed by atoms with Crippen LogP contribution in [0.25, 0.3) is 0 Å². The van der Waals surface area contributed by atoms with Crippen molar-refractivity contribution in [3.05, 3.63) is 41.3 Å². The second-order valence-electron chi connectivity index (χ2n) is 8.02. The molecular formula is C21H25N3O5S2. The highest BCUT2D eigenvalue weighted by molar-refractivity contribution is 7.94. The fourth-order valence-corrected chi connectivity index (χ4v) is 6.75. The molecule has 1 aromatic carbocycles. The fraction of sp³-hybridized carbons (Fsp3) is 0.429. The summed E-state index contributed by atoms with van der Waals surface area (Å²) in [6, 6.07) is 8.30. The van der Waals surface area contributed by atoms with Gasteiger partial charge in [0.2, 0.25) is 0 Å². The van der Waals surface area contributed by atoms with Crippen LogP contribution in [0.4, 0.5) is 11.4 Å². The monoisotopic (exact) mass is 463 g/mol. The van der Waals surface area contributed by atoms with E-state index in [4.69, 9.17) is 0 Å². The Balaban J connectivity index is 1.48. The van der Waals surface area contributed by atoms with Crippen LogP contribution >= 0.6 is 11.3 Å². The average Bonchev–Trinajstić information content (AvgIpc) is 3.44. The lowest BCUT2D eigenvalue weighted by Gasteiger charge is -2.30. The number of nitrogens with zero attached hydrogens (tertiary/aromatic N) is 1. The number of hydrogen-bond acceptors (Lipinski definition) is 6. The van der Waals surface area contributed by atoms with Gasteiger partial charge in [0.1, 0.15) is 4.21 Å². The predicted octanol–water partition coefficient (Wildman–Crippen LogP) is 2.25. The Morgan fingerprint density at radius 2 is 1.90 bits per heavy atom. The summed E-state index contributed by atoms with van der Waals surface area (Å²) in [6.07, 6.45) is 4.45. The Kier molecular flexibility index (Phi) is 6.05. The number of anilines is 2. The Bertz CT molecular complexity index is 1080. The molecule has 0 atom stereocenters. The zero-order chi connectivity index (χ0) is 22.1. The van der Waals surface area contributed by atoms with Gasteiger partial charge in [-0.05, 0) is 54.8 Å². The fourth-order valence-electron chi connectivity index (χ4n) is 4.11. The van der Waals surface area contributed by atoms with Crippen molar-refractivity contribution in [1.82, 2.24) is 5.32 Å². The van der Waals surface area contributed by atoms with Crippen molar-refractivity contribution in [2.45, 2.75) is 48.3 Å². The Hall–Kier alpha value is -2.43. The topological polar surface area (TPSA) is 116 Å². The lowest BCUT2D eigenvalue weighted by atomic mass is 10.0. The van der Waals surface area contributed by atoms with Gasteiger partial charge in [0.25, 0.3) is 10.0 Å². The number of thiophene rings is 1. The van der Waals surface area contributed by atoms with E-state index in [0.29, 0.717) is 37.2 Å². The summed E-state index contributed by atoms with van der Waals surface area (Å²) < 4.78 is 27.7. The van der Waals surface area contributed by atoms with Crippen molar-refractivity contribution in [2.24, 2.45) is 0 Å². The summed E-state index contributed by atoms with van der Waals surface area (Å²) >= 11 is 1.16. The number of aryl methyl sites for hydroxylation is 1. The molecule has 2 aromatic rings. The highest BCUT2D eigenvalue weighted by Crippen LogP contribution is 2.35. The molecule has 4 rings (SSSR count). The van der Waals surface area contributed by atoms with Crippen molar-refractivity contribution < 1.29 is 23.1 Å². The summed E-state index contributed by atoms with van der Waals surface area (Å²) in [5, 5.41) is 17.1. The van der Waals surface area contributed by atoms with Gasteiger partial charge in [0.05, 0.1) is 11.3 Å². The molecule has 2 amide bonds. The van der Waals surface area contributed by atoms with Gasteiger partial charge < -0.3 is 15.7 Å². The van der Waals surface area contributed by atoms with Crippen LogP contribution in [0.2, 0.25) is 0 Å². The van der Waals surface area contributed by atoms with Crippen molar-refractivity contribution >= 4 is 44.5 Å². The molecule has 0 saturated heterocycles. The summed E-state index contributed by atoms with van der Waals surface area (Å²) in [7, 11) is -3.69. The van der Waals surface area contributed by atoms with E-state index in [1.54, 1.807) is 35.7 Å². The molecular weight excluding hydrogens is 438 g/mol. The van der Waals surface area contributed by atoms with E-state index in [2.05, 4.69) is 10.6 Å². The summed E-state index contributed by atoms with van der Waals surface area (Å²) in [6.45, 7) is 0.389. The van der Waals surface area contributed by atoms with Gasteiger partial charge in [0.15, 0.2) is 0 Å². The first-order chi connectivity index (χ1) is 14.8. The quantitative estimate of drug-likeness (QED) is 0.588. The lowest BCUT2D eigenvalue weighted by molar-refractivity contribution is -0.136. The van der Waals surface area contributed by atoms with Crippen LogP contribution in [-0.2, 0) is 26.0 Å². The zero-order valence-corrected chi connectivity index (χ0v) is 18.6. The van der Waals surface area contributed by atoms with Gasteiger partial charge in [-0.3, -0.25) is 13.9 Å². The van der Waals surface area contributed by atoms with Gasteiger partial charge in [-0.15, -0.1) is 11.3 Å². The predicted molar refractivity (Wildman–Crippen MR) is 119 cm³/mol. The highest BCUT2D eigenvalue weighted by atomic mass is 32.2. The van der Waals surface area contributed by atoms with Gasteiger partial charge >= 0.3 is 11.8 Å². The number of nitrogens with one attached hydrogen (secondary N) is 2. The zero-order valence-electron chi connectivity index (χ0n) is 17.0. The van der Waals surface area contributed by atoms with Crippen LogP contribution in [0.15, 0.2) is 39.9 Å². The number of fused-ring (bicyclic) bond motifs is 1. The number of rotatable bonds is 5. The van der Waals surface area contributed by atoms with Gasteiger partial charge in [-0.2, -0.15) is 0 Å². The van der Waals surface area contributed by atoms with Crippen molar-refractivity contribution in [3.8, 4) is 0 Å². The number of hydrogen-bond donors (Lipinski definition) is 3. The first-order valence-corrected chi connectivity index (χ1v) is 12.6. The second kappa shape index (κ2) is 8.60. The molecule has 31 heavy (non-hydrogen) atoms. The van der Waals surface area contributed by atoms with Crippen LogP contribution in [0, 0.1) is 0 Å². The largest absolute Gasteiger partial charge is 0.388 e. The van der Waals surface area contributed by atoms with Crippen LogP contribution in [0.1, 0.15) is 37.7 Å². The van der Waals surface area contributed by atoms with E-state index < -0.39 is 27.4 Å². The number of sulfonamides is 1. The minimum Gasteiger partial charge on any atom is -0.388 e. The number of amides is 2. The molecule has 166 valence electrons. The van der Waals surface area contributed by atoms with Crippen molar-refractivity contribution in [2.75, 3.05) is 22.7 Å². The number of carbonyl (C=O) groups is 2. The van der Waals surface area contributed by atoms with E-state index in [1.807, 2.05) is 0 Å². The average molecular weight is 464 g/mol. The maximum absolute atomic E-state index is 13.1. The number of carbonyl (C=O) groups excluding carboxylic acids is 2. The SMILES string of the molecule is O=C(NCC1(O)CCCC1)C(=O)Nc1ccc2c(c1)N(S(=O)(=O)c1cccs1)CCC2. The molecule has 10 heteroatoms. The maximum Gasteiger partial charge on any atom is 0.313 e. The molecule has 0 unspecified atom stereocenters. The molecule has 2 heterocycles. The van der Waals surface area contributed by atoms with Crippen LogP contribution in [-0.4, -0.2) is 44.0 Å². The molecule has 8 nitrogen and oxygen atoms in total. The standard InChI is InChI=1S/C21H25N3O5S2/c25-19(22-14-21(27)9-1-2-10-21)20(26)23-16-8-7-15-5-3-11-24(17(15)13-16)31(28,29)18-6-4-12-30-18/h4,6-8,12-13,27H,1-3,5,9-11,14H2,(H,22,25)(H,23,26). The van der Waals surface area contributed by atoms with E-state index in [9.17, 15) is 23.1 Å². The summed E-state index contributed by atoms with van der Waals surface area (Å²) in [4.78, 5) is 24.5. The number of aliphatic hydroxyl groups is 1. The molecule has 1 saturated carbocycles. The van der Waals surface area contributed by atoms with Crippen LogP contribution in [0.5, 0.6) is 0 Å². The molecule has 0 radical (unpaired) electrons. The first kappa shape index (κ1) is 21.8. The number of benzene rings is 1. The summed E-state index contributed by atoms with van der Waals surface area (Å²) in [5.74, 6) is -1.69. The van der Waals surface area contributed by atoms with Gasteiger partial charge in [-0.25, -0.2) is 8.42 Å². The summed E-state index contributed by atoms with van der Waals surface area (Å²) in [5.41, 5.74) is 0.778. The van der Waals surface area contributed by atoms with Gasteiger partial charge in [-0.1, -0.05) is 25.0 Å². The normalized spacial score (nSPS) is 17.8. The Morgan fingerprint density at radius 3 is 2.61 bits per heavy atom. The van der Waals surface area contributed by atoms with Gasteiger partial charge in [0, 0.05) is 18.8 Å². The molecule has 1 aliphatic carbocycles. The van der Waals surface area contributed by atoms with Crippen LogP contribution in [0.3, 0.4) is 0 Å². The van der Waals surface area contributed by atoms with E-state index in [1.165, 1.54) is 4.31 Å². The Labute approximate surface area is 185 Å². The molecule has 2 aliphatic rings. The minimum atomic E-state index is -3.69. The minimum absolute atomic E-state index is 0.0380. The smallest absolute Gasteiger partial charge is 0.313 e. The molecule has 1 aliphatic heterocycles. The highest BCUT2D eigenvalue weighted by Gasteiger charge is 2.33. The van der Waals surface area contributed by atoms with Crippen molar-refractivity contribution in [1.29, 1.82) is 0 Å². The molecule has 3 N–H and O–H groups in total. The third-order valence-corrected chi connectivity index (χ3v) is 8.96. The second-order valence-corrected chi connectivity index (χ2v) is 11.1. The third-order valence-electron chi connectivity index (χ3n) is 5.78. The van der Waals surface area contributed by atoms with E-state index in [-0.39, 0.29) is 10.8 Å². The lowest BCUT2D eigenvalue weighted by Crippen LogP contribution is -2.44. The first-order valence-electron chi connectivity index (χ1n) is 10.3. The maximum atomic E-state index is 13.1. The van der Waals surface area contributed by atoms with Crippen molar-refractivity contribution in [3.63, 3.8) is 0 Å². The molecule has 1 fully saturated rings. The third kappa shape index (κ3) is 4.60. The van der Waals surface area contributed by atoms with E-state index in [0.717, 1.165) is 36.2 Å². The molecule has 0 spiro atoms. The van der Waals surface area contributed by atoms with E-state index >= 15 is 0 Å². The molecule has 0 bridgehead atoms. The Morgan fingerprint density at radius 1 is 1.13 bits per heavy atom. The molecule has 1 aromatic heterocycles.